The van der Waals surface area contributed by atoms with Crippen molar-refractivity contribution < 1.29 is 14.6 Å². The normalized spacial score (nSPS) is 14.1. The van der Waals surface area contributed by atoms with Gasteiger partial charge in [0.25, 0.3) is 0 Å². The summed E-state index contributed by atoms with van der Waals surface area (Å²) in [5.74, 6) is 0.931. The maximum Gasteiger partial charge on any atom is 0.128 e. The number of ether oxygens (including phenoxy) is 2. The van der Waals surface area contributed by atoms with Crippen molar-refractivity contribution in [3.8, 4) is 0 Å². The van der Waals surface area contributed by atoms with Gasteiger partial charge in [-0.25, -0.2) is 0 Å². The number of aryl methyl sites for hydroxylation is 2. The molecule has 0 fully saturated rings. The van der Waals surface area contributed by atoms with Gasteiger partial charge in [-0.2, -0.15) is 0 Å². The van der Waals surface area contributed by atoms with Gasteiger partial charge in [-0.3, -0.25) is 0 Å². The van der Waals surface area contributed by atoms with E-state index in [1.165, 1.54) is 43.2 Å². The standard InChI is InChI=1S/C28H47NO3/c1-7-22(3)28(27(8-2)31-6)32-19-15-13-11-9-10-12-14-18-29-21-26(30)25-17-16-23(4)24(5)20-25/h7,16-17,20,26-27,29-30H,1,8-15,18-19,21H2,2-6H3/b28-22+. The van der Waals surface area contributed by atoms with Crippen LogP contribution in [0.25, 0.3) is 0 Å². The summed E-state index contributed by atoms with van der Waals surface area (Å²) < 4.78 is 11.6. The molecule has 1 rings (SSSR count). The lowest BCUT2D eigenvalue weighted by Gasteiger charge is -2.20. The van der Waals surface area contributed by atoms with Gasteiger partial charge in [0.15, 0.2) is 0 Å². The number of allylic oxidation sites excluding steroid dienone is 2. The molecule has 0 aliphatic heterocycles. The van der Waals surface area contributed by atoms with Crippen molar-refractivity contribution in [2.24, 2.45) is 0 Å². The number of benzene rings is 1. The molecule has 2 N–H and O–H groups in total. The number of rotatable bonds is 18. The summed E-state index contributed by atoms with van der Waals surface area (Å²) in [4.78, 5) is 0. The maximum atomic E-state index is 10.3. The zero-order valence-corrected chi connectivity index (χ0v) is 21.2. The minimum absolute atomic E-state index is 0.0173. The molecule has 0 bridgehead atoms. The maximum absolute atomic E-state index is 10.3. The third-order valence-corrected chi connectivity index (χ3v) is 6.15. The first-order valence-electron chi connectivity index (χ1n) is 12.4. The van der Waals surface area contributed by atoms with Crippen LogP contribution < -0.4 is 5.32 Å². The average Bonchev–Trinajstić information content (AvgIpc) is 2.80. The summed E-state index contributed by atoms with van der Waals surface area (Å²) in [6.07, 6.45) is 10.8. The van der Waals surface area contributed by atoms with E-state index in [9.17, 15) is 5.11 Å². The van der Waals surface area contributed by atoms with Crippen LogP contribution in [-0.2, 0) is 9.47 Å². The summed E-state index contributed by atoms with van der Waals surface area (Å²) in [5, 5.41) is 13.7. The second-order valence-electron chi connectivity index (χ2n) is 8.77. The average molecular weight is 446 g/mol. The van der Waals surface area contributed by atoms with Crippen molar-refractivity contribution in [3.63, 3.8) is 0 Å². The Balaban J connectivity index is 2.05. The molecule has 1 aromatic rings. The Morgan fingerprint density at radius 2 is 1.72 bits per heavy atom. The molecular weight excluding hydrogens is 398 g/mol. The van der Waals surface area contributed by atoms with Crippen LogP contribution in [0.1, 0.15) is 88.0 Å². The molecule has 4 nitrogen and oxygen atoms in total. The highest BCUT2D eigenvalue weighted by molar-refractivity contribution is 5.31. The molecule has 0 amide bonds. The predicted octanol–water partition coefficient (Wildman–Crippen LogP) is 6.56. The Labute approximate surface area is 197 Å². The molecule has 0 saturated heterocycles. The van der Waals surface area contributed by atoms with E-state index in [1.807, 2.05) is 19.1 Å². The first-order valence-corrected chi connectivity index (χ1v) is 12.4. The van der Waals surface area contributed by atoms with Crippen LogP contribution in [0.15, 0.2) is 42.2 Å². The lowest BCUT2D eigenvalue weighted by molar-refractivity contribution is 0.0580. The van der Waals surface area contributed by atoms with Gasteiger partial charge in [0, 0.05) is 13.7 Å². The second kappa shape index (κ2) is 16.9. The Morgan fingerprint density at radius 1 is 1.06 bits per heavy atom. The number of hydrogen-bond donors (Lipinski definition) is 2. The van der Waals surface area contributed by atoms with Gasteiger partial charge in [-0.15, -0.1) is 0 Å². The summed E-state index contributed by atoms with van der Waals surface area (Å²) in [5.41, 5.74) is 4.56. The number of nitrogens with one attached hydrogen (secondary N) is 1. The molecule has 2 unspecified atom stereocenters. The minimum atomic E-state index is -0.432. The van der Waals surface area contributed by atoms with E-state index in [2.05, 4.69) is 44.8 Å². The van der Waals surface area contributed by atoms with Crippen LogP contribution in [0.4, 0.5) is 0 Å². The molecular formula is C28H47NO3. The topological polar surface area (TPSA) is 50.7 Å². The highest BCUT2D eigenvalue weighted by Crippen LogP contribution is 2.19. The van der Waals surface area contributed by atoms with Crippen molar-refractivity contribution >= 4 is 0 Å². The fourth-order valence-corrected chi connectivity index (χ4v) is 3.77. The molecule has 32 heavy (non-hydrogen) atoms. The van der Waals surface area contributed by atoms with Gasteiger partial charge in [-0.05, 0) is 68.8 Å². The number of hydrogen-bond acceptors (Lipinski definition) is 4. The predicted molar refractivity (Wildman–Crippen MR) is 136 cm³/mol. The van der Waals surface area contributed by atoms with Crippen LogP contribution in [0.3, 0.4) is 0 Å². The molecule has 182 valence electrons. The lowest BCUT2D eigenvalue weighted by Crippen LogP contribution is -2.22. The quantitative estimate of drug-likeness (QED) is 0.153. The smallest absolute Gasteiger partial charge is 0.128 e. The van der Waals surface area contributed by atoms with Gasteiger partial charge < -0.3 is 19.9 Å². The van der Waals surface area contributed by atoms with E-state index in [4.69, 9.17) is 9.47 Å². The molecule has 2 atom stereocenters. The van der Waals surface area contributed by atoms with Gasteiger partial charge in [0.2, 0.25) is 0 Å². The summed E-state index contributed by atoms with van der Waals surface area (Å²) in [6.45, 7) is 14.5. The molecule has 0 aromatic heterocycles. The van der Waals surface area contributed by atoms with E-state index >= 15 is 0 Å². The largest absolute Gasteiger partial charge is 0.495 e. The molecule has 4 heteroatoms. The SMILES string of the molecule is C=C/C(C)=C(/OCCCCCCCCCNCC(O)c1ccc(C)c(C)c1)C(CC)OC. The monoisotopic (exact) mass is 445 g/mol. The molecule has 1 aromatic carbocycles. The highest BCUT2D eigenvalue weighted by atomic mass is 16.5. The van der Waals surface area contributed by atoms with Crippen LogP contribution in [0.2, 0.25) is 0 Å². The first-order chi connectivity index (χ1) is 15.4. The fraction of sp³-hybridized carbons (Fsp3) is 0.643. The van der Waals surface area contributed by atoms with Crippen LogP contribution >= 0.6 is 0 Å². The van der Waals surface area contributed by atoms with Crippen LogP contribution in [0.5, 0.6) is 0 Å². The zero-order valence-electron chi connectivity index (χ0n) is 21.2. The van der Waals surface area contributed by atoms with Crippen LogP contribution in [-0.4, -0.2) is 38.0 Å². The second-order valence-corrected chi connectivity index (χ2v) is 8.77. The van der Waals surface area contributed by atoms with E-state index < -0.39 is 6.10 Å². The molecule has 0 aliphatic rings. The van der Waals surface area contributed by atoms with Crippen molar-refractivity contribution in [2.75, 3.05) is 26.8 Å². The Bertz CT molecular complexity index is 679. The van der Waals surface area contributed by atoms with Crippen LogP contribution in [0, 0.1) is 13.8 Å². The van der Waals surface area contributed by atoms with Gasteiger partial charge in [0.05, 0.1) is 12.7 Å². The third-order valence-electron chi connectivity index (χ3n) is 6.15. The summed E-state index contributed by atoms with van der Waals surface area (Å²) >= 11 is 0. The van der Waals surface area contributed by atoms with Gasteiger partial charge in [0.1, 0.15) is 11.9 Å². The van der Waals surface area contributed by atoms with E-state index in [-0.39, 0.29) is 6.10 Å². The highest BCUT2D eigenvalue weighted by Gasteiger charge is 2.15. The lowest BCUT2D eigenvalue weighted by atomic mass is 10.0. The fourth-order valence-electron chi connectivity index (χ4n) is 3.77. The third kappa shape index (κ3) is 10.8. The number of methoxy groups -OCH3 is 1. The van der Waals surface area contributed by atoms with E-state index in [0.717, 1.165) is 49.3 Å². The summed E-state index contributed by atoms with van der Waals surface area (Å²) in [7, 11) is 1.73. The van der Waals surface area contributed by atoms with Gasteiger partial charge in [-0.1, -0.05) is 69.9 Å². The first kappa shape index (κ1) is 28.4. The molecule has 0 radical (unpaired) electrons. The Hall–Kier alpha value is -1.62. The van der Waals surface area contributed by atoms with E-state index in [0.29, 0.717) is 6.54 Å². The van der Waals surface area contributed by atoms with Gasteiger partial charge >= 0.3 is 0 Å². The van der Waals surface area contributed by atoms with Crippen molar-refractivity contribution in [1.82, 2.24) is 5.32 Å². The summed E-state index contributed by atoms with van der Waals surface area (Å²) in [6, 6.07) is 6.20. The molecule has 0 spiro atoms. The molecule has 0 heterocycles. The molecule has 0 saturated carbocycles. The van der Waals surface area contributed by atoms with Crippen molar-refractivity contribution in [1.29, 1.82) is 0 Å². The number of aliphatic hydroxyl groups is 1. The van der Waals surface area contributed by atoms with Crippen molar-refractivity contribution in [3.05, 3.63) is 58.9 Å². The minimum Gasteiger partial charge on any atom is -0.495 e. The number of aliphatic hydroxyl groups excluding tert-OH is 1. The van der Waals surface area contributed by atoms with Crippen molar-refractivity contribution in [2.45, 2.75) is 91.3 Å². The van der Waals surface area contributed by atoms with E-state index in [1.54, 1.807) is 7.11 Å². The molecule has 0 aliphatic carbocycles. The Morgan fingerprint density at radius 3 is 2.31 bits per heavy atom. The Kier molecular flexibility index (Phi) is 15.0. The zero-order chi connectivity index (χ0) is 23.8. The number of unbranched alkanes of at least 4 members (excludes halogenated alkanes) is 6.